The topological polar surface area (TPSA) is 88.6 Å². The zero-order valence-corrected chi connectivity index (χ0v) is 24.6. The summed E-state index contributed by atoms with van der Waals surface area (Å²) in [5.41, 5.74) is 4.04. The van der Waals surface area contributed by atoms with E-state index in [1.54, 1.807) is 13.3 Å². The van der Waals surface area contributed by atoms with Gasteiger partial charge in [0.15, 0.2) is 5.82 Å². The quantitative estimate of drug-likeness (QED) is 0.233. The van der Waals surface area contributed by atoms with E-state index in [4.69, 9.17) is 16.3 Å². The molecule has 1 aliphatic carbocycles. The molecule has 6 rings (SSSR count). The summed E-state index contributed by atoms with van der Waals surface area (Å²) in [7, 11) is -2.87. The predicted octanol–water partition coefficient (Wildman–Crippen LogP) is 6.19. The molecule has 1 aromatic heterocycles. The fraction of sp³-hybridized carbons (Fsp3) is 0.448. The Bertz CT molecular complexity index is 1470. The lowest BCUT2D eigenvalue weighted by atomic mass is 9.87. The highest BCUT2D eigenvalue weighted by molar-refractivity contribution is 7.70. The molecule has 0 saturated carbocycles. The highest BCUT2D eigenvalue weighted by Crippen LogP contribution is 2.41. The molecule has 2 saturated heterocycles. The molecule has 41 heavy (non-hydrogen) atoms. The monoisotopic (exact) mass is 603 g/mol. The van der Waals surface area contributed by atoms with Crippen molar-refractivity contribution in [2.24, 2.45) is 0 Å². The van der Waals surface area contributed by atoms with Crippen molar-refractivity contribution in [3.63, 3.8) is 0 Å². The zero-order valence-electron chi connectivity index (χ0n) is 22.9. The van der Waals surface area contributed by atoms with Crippen LogP contribution in [0.4, 0.5) is 31.9 Å². The minimum Gasteiger partial charge on any atom is -0.435 e. The molecule has 2 fully saturated rings. The van der Waals surface area contributed by atoms with Crippen LogP contribution in [0.5, 0.6) is 5.75 Å². The number of benzene rings is 2. The largest absolute Gasteiger partial charge is 0.435 e. The second-order valence-corrected chi connectivity index (χ2v) is 14.9. The number of rotatable bonds is 8. The Kier molecular flexibility index (Phi) is 7.94. The summed E-state index contributed by atoms with van der Waals surface area (Å²) in [4.78, 5) is 11.6. The number of nitrogens with one attached hydrogen (secondary N) is 2. The van der Waals surface area contributed by atoms with Crippen LogP contribution in [0.25, 0.3) is 0 Å². The molecule has 3 unspecified atom stereocenters. The molecule has 0 amide bonds. The van der Waals surface area contributed by atoms with E-state index in [1.165, 1.54) is 48.4 Å². The number of aromatic nitrogens is 2. The molecule has 218 valence electrons. The van der Waals surface area contributed by atoms with Crippen molar-refractivity contribution in [3.8, 4) is 5.75 Å². The fourth-order valence-electron chi connectivity index (χ4n) is 6.24. The van der Waals surface area contributed by atoms with Crippen LogP contribution in [0.2, 0.25) is 5.02 Å². The van der Waals surface area contributed by atoms with Gasteiger partial charge in [0, 0.05) is 29.1 Å². The van der Waals surface area contributed by atoms with Gasteiger partial charge in [-0.1, -0.05) is 17.7 Å². The molecular weight excluding hydrogens is 571 g/mol. The summed E-state index contributed by atoms with van der Waals surface area (Å²) < 4.78 is 48.6. The number of ether oxygens (including phenoxy) is 2. The maximum Gasteiger partial charge on any atom is 0.387 e. The number of morpholine rings is 1. The van der Waals surface area contributed by atoms with Crippen molar-refractivity contribution >= 4 is 47.2 Å². The highest BCUT2D eigenvalue weighted by Gasteiger charge is 2.45. The van der Waals surface area contributed by atoms with Crippen molar-refractivity contribution in [2.75, 3.05) is 37.2 Å². The van der Waals surface area contributed by atoms with E-state index in [0.717, 1.165) is 38.2 Å². The number of aryl methyl sites for hydroxylation is 2. The first-order chi connectivity index (χ1) is 19.6. The number of hydrogen-bond donors (Lipinski definition) is 2. The predicted molar refractivity (Wildman–Crippen MR) is 157 cm³/mol. The molecule has 2 aliphatic heterocycles. The lowest BCUT2D eigenvalue weighted by Gasteiger charge is -2.56. The average Bonchev–Trinajstić information content (AvgIpc) is 3.13. The van der Waals surface area contributed by atoms with Gasteiger partial charge in [-0.05, 0) is 86.9 Å². The van der Waals surface area contributed by atoms with Gasteiger partial charge >= 0.3 is 6.61 Å². The van der Waals surface area contributed by atoms with Gasteiger partial charge < -0.3 is 24.7 Å². The Labute approximate surface area is 243 Å². The molecule has 0 radical (unpaired) electrons. The van der Waals surface area contributed by atoms with Crippen molar-refractivity contribution in [1.82, 2.24) is 14.9 Å². The van der Waals surface area contributed by atoms with Gasteiger partial charge in [-0.25, -0.2) is 4.98 Å². The Morgan fingerprint density at radius 2 is 1.80 bits per heavy atom. The number of nitrogens with zero attached hydrogens (tertiary/aromatic N) is 3. The van der Waals surface area contributed by atoms with Crippen LogP contribution >= 0.6 is 18.7 Å². The first-order valence-electron chi connectivity index (χ1n) is 13.8. The van der Waals surface area contributed by atoms with E-state index in [-0.39, 0.29) is 10.8 Å². The Morgan fingerprint density at radius 3 is 2.51 bits per heavy atom. The maximum absolute atomic E-state index is 13.0. The number of fused-ring (bicyclic) bond motifs is 3. The van der Waals surface area contributed by atoms with Crippen molar-refractivity contribution in [1.29, 1.82) is 0 Å². The number of anilines is 4. The minimum atomic E-state index is -2.98. The van der Waals surface area contributed by atoms with Crippen LogP contribution in [0, 0.1) is 0 Å². The Morgan fingerprint density at radius 1 is 1.05 bits per heavy atom. The summed E-state index contributed by atoms with van der Waals surface area (Å²) in [5, 5.41) is 6.99. The van der Waals surface area contributed by atoms with Crippen LogP contribution in [0.15, 0.2) is 42.6 Å². The molecule has 3 aromatic rings. The van der Waals surface area contributed by atoms with Gasteiger partial charge in [0.2, 0.25) is 5.95 Å². The third-order valence-electron chi connectivity index (χ3n) is 8.16. The van der Waals surface area contributed by atoms with E-state index in [9.17, 15) is 13.3 Å². The summed E-state index contributed by atoms with van der Waals surface area (Å²) in [6.45, 7) is 1.85. The second-order valence-electron chi connectivity index (χ2n) is 11.3. The van der Waals surface area contributed by atoms with Crippen LogP contribution in [0.1, 0.15) is 30.4 Å². The molecule has 2 aromatic carbocycles. The summed E-state index contributed by atoms with van der Waals surface area (Å²) in [6.07, 6.45) is 7.13. The summed E-state index contributed by atoms with van der Waals surface area (Å²) in [6, 6.07) is 12.4. The highest BCUT2D eigenvalue weighted by atomic mass is 35.5. The van der Waals surface area contributed by atoms with Crippen molar-refractivity contribution in [2.45, 2.75) is 56.8 Å². The molecule has 12 heteroatoms. The van der Waals surface area contributed by atoms with Crippen molar-refractivity contribution < 1.29 is 22.8 Å². The number of hydrogen-bond acceptors (Lipinski definition) is 8. The van der Waals surface area contributed by atoms with Crippen LogP contribution in [-0.2, 0) is 22.1 Å². The van der Waals surface area contributed by atoms with Gasteiger partial charge in [-0.15, -0.1) is 0 Å². The standard InChI is InChI=1S/C29H33ClF2N5O3P/c1-41(2,38)26-13-23(40-28(31)32)9-10-25(26)35-27-24(30)14-33-29(36-27)34-19-6-3-17-4-7-20(8-5-18(17)11-19)37-21-12-22(37)16-39-15-21/h3,6,9-11,13-14,20-22,28H,4-5,7-8,12,15-16H2,1-2H3,(H2,33,34,35,36). The van der Waals surface area contributed by atoms with Crippen LogP contribution in [0.3, 0.4) is 0 Å². The molecule has 2 bridgehead atoms. The average molecular weight is 604 g/mol. The Balaban J connectivity index is 1.17. The summed E-state index contributed by atoms with van der Waals surface area (Å²) in [5.74, 6) is 0.562. The Hall–Kier alpha value is -2.78. The lowest BCUT2D eigenvalue weighted by molar-refractivity contribution is -0.148. The van der Waals surface area contributed by atoms with Gasteiger partial charge in [-0.2, -0.15) is 13.8 Å². The zero-order chi connectivity index (χ0) is 28.7. The first-order valence-corrected chi connectivity index (χ1v) is 16.8. The van der Waals surface area contributed by atoms with E-state index in [1.807, 2.05) is 6.07 Å². The van der Waals surface area contributed by atoms with Crippen molar-refractivity contribution in [3.05, 3.63) is 58.7 Å². The van der Waals surface area contributed by atoms with Gasteiger partial charge in [0.05, 0.1) is 25.1 Å². The van der Waals surface area contributed by atoms with Gasteiger partial charge in [-0.3, -0.25) is 4.90 Å². The van der Waals surface area contributed by atoms with Crippen LogP contribution in [-0.4, -0.2) is 66.1 Å². The second kappa shape index (κ2) is 11.5. The number of alkyl halides is 2. The van der Waals surface area contributed by atoms with E-state index >= 15 is 0 Å². The van der Waals surface area contributed by atoms with Gasteiger partial charge in [0.1, 0.15) is 17.9 Å². The first kappa shape index (κ1) is 28.3. The molecule has 3 heterocycles. The molecular formula is C29H33ClF2N5O3P. The number of halogens is 3. The lowest BCUT2D eigenvalue weighted by Crippen LogP contribution is -2.66. The molecule has 2 N–H and O–H groups in total. The third-order valence-corrected chi connectivity index (χ3v) is 9.96. The molecule has 0 spiro atoms. The van der Waals surface area contributed by atoms with E-state index < -0.39 is 13.8 Å². The molecule has 8 nitrogen and oxygen atoms in total. The molecule has 3 aliphatic rings. The fourth-order valence-corrected chi connectivity index (χ4v) is 7.53. The van der Waals surface area contributed by atoms with E-state index in [0.29, 0.717) is 40.9 Å². The third kappa shape index (κ3) is 6.21. The van der Waals surface area contributed by atoms with Crippen LogP contribution < -0.4 is 20.7 Å². The smallest absolute Gasteiger partial charge is 0.387 e. The normalized spacial score (nSPS) is 22.4. The minimum absolute atomic E-state index is 0.0723. The molecule has 3 atom stereocenters. The van der Waals surface area contributed by atoms with E-state index in [2.05, 4.69) is 42.4 Å². The SMILES string of the molecule is CP(C)(=O)c1cc(OC(F)F)ccc1Nc1nc(Nc2ccc3c(c2)CCC(N2C4COCC2C4)CC3)ncc1Cl. The summed E-state index contributed by atoms with van der Waals surface area (Å²) >= 11 is 6.40. The maximum atomic E-state index is 13.0. The van der Waals surface area contributed by atoms with Gasteiger partial charge in [0.25, 0.3) is 0 Å².